The standard InChI is InChI=1S/C9H12Cl2N2/c1-13-9(5-12)7-3-2-6(10)4-8(7)11/h2-4,9,13H,5,12H2,1H3/t9-/m0/s1. The van der Waals surface area contributed by atoms with Crippen LogP contribution in [0.4, 0.5) is 0 Å². The van der Waals surface area contributed by atoms with Gasteiger partial charge in [0.05, 0.1) is 0 Å². The Morgan fingerprint density at radius 2 is 2.15 bits per heavy atom. The Balaban J connectivity index is 2.99. The lowest BCUT2D eigenvalue weighted by molar-refractivity contribution is 0.606. The number of benzene rings is 1. The smallest absolute Gasteiger partial charge is 0.0469 e. The SMILES string of the molecule is CN[C@@H](CN)c1ccc(Cl)cc1Cl. The summed E-state index contributed by atoms with van der Waals surface area (Å²) in [4.78, 5) is 0. The normalized spacial score (nSPS) is 12.9. The first kappa shape index (κ1) is 10.8. The first-order valence-corrected chi connectivity index (χ1v) is 4.77. The van der Waals surface area contributed by atoms with Crippen LogP contribution in [0.2, 0.25) is 10.0 Å². The lowest BCUT2D eigenvalue weighted by Gasteiger charge is -2.15. The fourth-order valence-corrected chi connectivity index (χ4v) is 1.72. The highest BCUT2D eigenvalue weighted by Crippen LogP contribution is 2.25. The predicted molar refractivity (Wildman–Crippen MR) is 57.3 cm³/mol. The van der Waals surface area contributed by atoms with Crippen molar-refractivity contribution in [1.29, 1.82) is 0 Å². The molecular weight excluding hydrogens is 207 g/mol. The lowest BCUT2D eigenvalue weighted by Crippen LogP contribution is -2.25. The number of hydrogen-bond donors (Lipinski definition) is 2. The number of likely N-dealkylation sites (N-methyl/N-ethyl adjacent to an activating group) is 1. The largest absolute Gasteiger partial charge is 0.329 e. The first-order chi connectivity index (χ1) is 6.19. The molecule has 72 valence electrons. The summed E-state index contributed by atoms with van der Waals surface area (Å²) in [6, 6.07) is 5.50. The summed E-state index contributed by atoms with van der Waals surface area (Å²) in [5.74, 6) is 0. The summed E-state index contributed by atoms with van der Waals surface area (Å²) in [6.07, 6.45) is 0. The number of nitrogens with two attached hydrogens (primary N) is 1. The van der Waals surface area contributed by atoms with Gasteiger partial charge in [-0.15, -0.1) is 0 Å². The predicted octanol–water partition coefficient (Wildman–Crippen LogP) is 2.21. The van der Waals surface area contributed by atoms with E-state index in [-0.39, 0.29) is 6.04 Å². The van der Waals surface area contributed by atoms with E-state index < -0.39 is 0 Å². The van der Waals surface area contributed by atoms with E-state index in [0.717, 1.165) is 5.56 Å². The Morgan fingerprint density at radius 1 is 1.46 bits per heavy atom. The Hall–Kier alpha value is -0.280. The van der Waals surface area contributed by atoms with Crippen LogP contribution in [0.5, 0.6) is 0 Å². The molecule has 0 spiro atoms. The highest BCUT2D eigenvalue weighted by Gasteiger charge is 2.10. The van der Waals surface area contributed by atoms with E-state index in [1.54, 1.807) is 6.07 Å². The minimum absolute atomic E-state index is 0.0877. The Kier molecular flexibility index (Phi) is 4.00. The quantitative estimate of drug-likeness (QED) is 0.817. The molecule has 0 amide bonds. The molecule has 0 aliphatic rings. The van der Waals surface area contributed by atoms with Crippen molar-refractivity contribution in [3.05, 3.63) is 33.8 Å². The third-order valence-corrected chi connectivity index (χ3v) is 2.48. The highest BCUT2D eigenvalue weighted by molar-refractivity contribution is 6.35. The number of rotatable bonds is 3. The molecule has 1 rings (SSSR count). The molecular formula is C9H12Cl2N2. The Labute approximate surface area is 88.0 Å². The van der Waals surface area contributed by atoms with Crippen LogP contribution in [-0.2, 0) is 0 Å². The maximum Gasteiger partial charge on any atom is 0.0469 e. The van der Waals surface area contributed by atoms with Crippen LogP contribution < -0.4 is 11.1 Å². The molecule has 0 saturated carbocycles. The molecule has 0 aliphatic heterocycles. The molecule has 0 bridgehead atoms. The summed E-state index contributed by atoms with van der Waals surface area (Å²) in [5, 5.41) is 4.37. The van der Waals surface area contributed by atoms with Gasteiger partial charge in [0.1, 0.15) is 0 Å². The molecule has 0 saturated heterocycles. The van der Waals surface area contributed by atoms with Gasteiger partial charge in [-0.2, -0.15) is 0 Å². The van der Waals surface area contributed by atoms with Gasteiger partial charge in [-0.1, -0.05) is 29.3 Å². The van der Waals surface area contributed by atoms with Gasteiger partial charge in [0.15, 0.2) is 0 Å². The topological polar surface area (TPSA) is 38.0 Å². The van der Waals surface area contributed by atoms with Crippen LogP contribution in [0.25, 0.3) is 0 Å². The number of hydrogen-bond acceptors (Lipinski definition) is 2. The molecule has 1 aromatic rings. The second-order valence-electron chi connectivity index (χ2n) is 2.74. The van der Waals surface area contributed by atoms with Crippen LogP contribution >= 0.6 is 23.2 Å². The van der Waals surface area contributed by atoms with Crippen LogP contribution in [0.3, 0.4) is 0 Å². The average molecular weight is 219 g/mol. The van der Waals surface area contributed by atoms with Crippen molar-refractivity contribution in [3.63, 3.8) is 0 Å². The maximum absolute atomic E-state index is 6.00. The Bertz CT molecular complexity index is 285. The van der Waals surface area contributed by atoms with Crippen molar-refractivity contribution in [2.75, 3.05) is 13.6 Å². The van der Waals surface area contributed by atoms with Gasteiger partial charge >= 0.3 is 0 Å². The molecule has 0 radical (unpaired) electrons. The molecule has 0 fully saturated rings. The molecule has 1 atom stereocenters. The fraction of sp³-hybridized carbons (Fsp3) is 0.333. The fourth-order valence-electron chi connectivity index (χ4n) is 1.18. The lowest BCUT2D eigenvalue weighted by atomic mass is 10.1. The third-order valence-electron chi connectivity index (χ3n) is 1.92. The van der Waals surface area contributed by atoms with Crippen LogP contribution in [0.1, 0.15) is 11.6 Å². The second-order valence-corrected chi connectivity index (χ2v) is 3.59. The van der Waals surface area contributed by atoms with Crippen molar-refractivity contribution < 1.29 is 0 Å². The molecule has 3 N–H and O–H groups in total. The van der Waals surface area contributed by atoms with Gasteiger partial charge in [-0.25, -0.2) is 0 Å². The van der Waals surface area contributed by atoms with Crippen molar-refractivity contribution in [1.82, 2.24) is 5.32 Å². The molecule has 0 aliphatic carbocycles. The zero-order valence-corrected chi connectivity index (χ0v) is 8.86. The molecule has 4 heteroatoms. The molecule has 0 unspecified atom stereocenters. The van der Waals surface area contributed by atoms with Gasteiger partial charge in [-0.3, -0.25) is 0 Å². The minimum atomic E-state index is 0.0877. The van der Waals surface area contributed by atoms with E-state index >= 15 is 0 Å². The summed E-state index contributed by atoms with van der Waals surface area (Å²) < 4.78 is 0. The van der Waals surface area contributed by atoms with Crippen LogP contribution in [0, 0.1) is 0 Å². The highest BCUT2D eigenvalue weighted by atomic mass is 35.5. The summed E-state index contributed by atoms with van der Waals surface area (Å²) >= 11 is 11.8. The van der Waals surface area contributed by atoms with E-state index in [4.69, 9.17) is 28.9 Å². The van der Waals surface area contributed by atoms with Gasteiger partial charge in [0.25, 0.3) is 0 Å². The van der Waals surface area contributed by atoms with E-state index in [0.29, 0.717) is 16.6 Å². The summed E-state index contributed by atoms with van der Waals surface area (Å²) in [6.45, 7) is 0.512. The van der Waals surface area contributed by atoms with E-state index in [1.807, 2.05) is 19.2 Å². The summed E-state index contributed by atoms with van der Waals surface area (Å²) in [7, 11) is 1.85. The Morgan fingerprint density at radius 3 is 2.62 bits per heavy atom. The van der Waals surface area contributed by atoms with Crippen LogP contribution in [0.15, 0.2) is 18.2 Å². The first-order valence-electron chi connectivity index (χ1n) is 4.01. The zero-order chi connectivity index (χ0) is 9.84. The van der Waals surface area contributed by atoms with E-state index in [1.165, 1.54) is 0 Å². The third kappa shape index (κ3) is 2.58. The average Bonchev–Trinajstić information content (AvgIpc) is 2.10. The van der Waals surface area contributed by atoms with Crippen molar-refractivity contribution in [3.8, 4) is 0 Å². The summed E-state index contributed by atoms with van der Waals surface area (Å²) in [5.41, 5.74) is 6.55. The van der Waals surface area contributed by atoms with Crippen molar-refractivity contribution in [2.24, 2.45) is 5.73 Å². The van der Waals surface area contributed by atoms with Gasteiger partial charge in [0, 0.05) is 22.6 Å². The molecule has 13 heavy (non-hydrogen) atoms. The molecule has 0 heterocycles. The van der Waals surface area contributed by atoms with Gasteiger partial charge < -0.3 is 11.1 Å². The zero-order valence-electron chi connectivity index (χ0n) is 7.35. The monoisotopic (exact) mass is 218 g/mol. The van der Waals surface area contributed by atoms with Gasteiger partial charge in [-0.05, 0) is 24.7 Å². The minimum Gasteiger partial charge on any atom is -0.329 e. The van der Waals surface area contributed by atoms with Crippen molar-refractivity contribution in [2.45, 2.75) is 6.04 Å². The van der Waals surface area contributed by atoms with Crippen LogP contribution in [-0.4, -0.2) is 13.6 Å². The number of halogens is 2. The van der Waals surface area contributed by atoms with E-state index in [2.05, 4.69) is 5.32 Å². The van der Waals surface area contributed by atoms with Crippen molar-refractivity contribution >= 4 is 23.2 Å². The molecule has 0 aromatic heterocycles. The molecule has 2 nitrogen and oxygen atoms in total. The molecule has 1 aromatic carbocycles. The maximum atomic E-state index is 6.00. The van der Waals surface area contributed by atoms with Gasteiger partial charge in [0.2, 0.25) is 0 Å². The number of nitrogens with one attached hydrogen (secondary N) is 1. The second kappa shape index (κ2) is 4.82. The van der Waals surface area contributed by atoms with E-state index in [9.17, 15) is 0 Å².